The first kappa shape index (κ1) is 16.0. The van der Waals surface area contributed by atoms with Crippen LogP contribution in [0.25, 0.3) is 0 Å². The fourth-order valence-corrected chi connectivity index (χ4v) is 3.94. The molecule has 1 fully saturated rings. The van der Waals surface area contributed by atoms with Gasteiger partial charge in [0.05, 0.1) is 11.6 Å². The van der Waals surface area contributed by atoms with Crippen LogP contribution in [-0.2, 0) is 4.79 Å². The Kier molecular flexibility index (Phi) is 3.91. The summed E-state index contributed by atoms with van der Waals surface area (Å²) in [5.41, 5.74) is 0.319. The van der Waals surface area contributed by atoms with E-state index in [1.54, 1.807) is 32.0 Å². The molecule has 0 spiro atoms. The Morgan fingerprint density at radius 1 is 1.39 bits per heavy atom. The van der Waals surface area contributed by atoms with E-state index in [1.165, 1.54) is 0 Å². The van der Waals surface area contributed by atoms with Crippen LogP contribution in [0.15, 0.2) is 18.2 Å². The molecule has 0 saturated heterocycles. The average Bonchev–Trinajstić information content (AvgIpc) is 2.89. The first-order valence-corrected chi connectivity index (χ1v) is 7.93. The lowest BCUT2D eigenvalue weighted by molar-refractivity contribution is -0.127. The maximum Gasteiger partial charge on any atom is 0.137 e. The Labute approximate surface area is 135 Å². The highest BCUT2D eigenvalue weighted by Gasteiger charge is 2.51. The number of benzene rings is 1. The number of carbonyl (C=O) groups is 1. The van der Waals surface area contributed by atoms with Gasteiger partial charge in [-0.15, -0.1) is 0 Å². The molecule has 23 heavy (non-hydrogen) atoms. The van der Waals surface area contributed by atoms with Crippen molar-refractivity contribution in [1.29, 1.82) is 5.26 Å². The molecule has 1 aromatic rings. The van der Waals surface area contributed by atoms with Gasteiger partial charge in [0.25, 0.3) is 0 Å². The Hall–Kier alpha value is -1.90. The van der Waals surface area contributed by atoms with Crippen LogP contribution in [-0.4, -0.2) is 34.3 Å². The van der Waals surface area contributed by atoms with E-state index in [9.17, 15) is 15.0 Å². The van der Waals surface area contributed by atoms with E-state index in [1.807, 2.05) is 0 Å². The minimum atomic E-state index is -0.884. The molecule has 0 amide bonds. The van der Waals surface area contributed by atoms with Gasteiger partial charge in [-0.25, -0.2) is 0 Å². The molecule has 1 aliphatic heterocycles. The minimum absolute atomic E-state index is 0.0686. The van der Waals surface area contributed by atoms with Gasteiger partial charge >= 0.3 is 0 Å². The van der Waals surface area contributed by atoms with Crippen molar-refractivity contribution in [2.45, 2.75) is 44.3 Å². The zero-order chi connectivity index (χ0) is 16.8. The summed E-state index contributed by atoms with van der Waals surface area (Å²) in [6.45, 7) is 3.51. The average molecular weight is 315 g/mol. The van der Waals surface area contributed by atoms with Crippen molar-refractivity contribution in [3.05, 3.63) is 29.3 Å². The fraction of sp³-hybridized carbons (Fsp3) is 0.556. The molecular weight excluding hydrogens is 294 g/mol. The normalized spacial score (nSPS) is 32.0. The van der Waals surface area contributed by atoms with Crippen LogP contribution in [0.4, 0.5) is 0 Å². The predicted molar refractivity (Wildman–Crippen MR) is 82.9 cm³/mol. The molecule has 1 unspecified atom stereocenters. The zero-order valence-electron chi connectivity index (χ0n) is 13.3. The highest BCUT2D eigenvalue weighted by molar-refractivity contribution is 5.85. The van der Waals surface area contributed by atoms with E-state index in [0.29, 0.717) is 29.7 Å². The highest BCUT2D eigenvalue weighted by atomic mass is 16.5. The summed E-state index contributed by atoms with van der Waals surface area (Å²) in [6.07, 6.45) is 0.177. The van der Waals surface area contributed by atoms with E-state index in [4.69, 9.17) is 10.00 Å². The largest absolute Gasteiger partial charge is 0.485 e. The summed E-state index contributed by atoms with van der Waals surface area (Å²) in [5, 5.41) is 29.6. The summed E-state index contributed by atoms with van der Waals surface area (Å²) in [6, 6.07) is 7.18. The number of nitrogens with zero attached hydrogens (tertiary/aromatic N) is 1. The SMILES string of the molecule is CC1(C)Oc2ccc(C#N)cc2[C@@H](C2C(=O)CC[C@@H]2CO)[C@@H]1O. The van der Waals surface area contributed by atoms with E-state index < -0.39 is 23.5 Å². The van der Waals surface area contributed by atoms with Crippen molar-refractivity contribution < 1.29 is 19.7 Å². The second-order valence-corrected chi connectivity index (χ2v) is 7.01. The molecule has 0 aromatic heterocycles. The van der Waals surface area contributed by atoms with Crippen LogP contribution >= 0.6 is 0 Å². The first-order valence-electron chi connectivity index (χ1n) is 7.93. The monoisotopic (exact) mass is 315 g/mol. The van der Waals surface area contributed by atoms with Gasteiger partial charge in [-0.2, -0.15) is 5.26 Å². The van der Waals surface area contributed by atoms with Crippen LogP contribution in [0.5, 0.6) is 5.75 Å². The molecule has 1 saturated carbocycles. The number of nitriles is 1. The molecule has 3 rings (SSSR count). The molecule has 1 heterocycles. The topological polar surface area (TPSA) is 90.5 Å². The first-order chi connectivity index (χ1) is 10.9. The van der Waals surface area contributed by atoms with Gasteiger partial charge in [0.15, 0.2) is 0 Å². The Morgan fingerprint density at radius 3 is 2.78 bits per heavy atom. The molecule has 1 aliphatic carbocycles. The van der Waals surface area contributed by atoms with Crippen molar-refractivity contribution in [2.75, 3.05) is 6.61 Å². The molecule has 0 radical (unpaired) electrons. The summed E-state index contributed by atoms with van der Waals surface area (Å²) in [7, 11) is 0. The van der Waals surface area contributed by atoms with Crippen molar-refractivity contribution in [3.8, 4) is 11.8 Å². The fourth-order valence-electron chi connectivity index (χ4n) is 3.94. The second kappa shape index (κ2) is 5.63. The summed E-state index contributed by atoms with van der Waals surface area (Å²) in [4.78, 5) is 12.4. The van der Waals surface area contributed by atoms with Gasteiger partial charge < -0.3 is 14.9 Å². The molecular formula is C18H21NO4. The standard InChI is InChI=1S/C18H21NO4/c1-18(2)17(22)16(15-11(9-20)4-5-13(15)21)12-7-10(8-19)3-6-14(12)23-18/h3,6-7,11,15-17,20,22H,4-5,9H2,1-2H3/t11-,15?,16+,17+/m1/s1. The molecule has 1 aromatic carbocycles. The van der Waals surface area contributed by atoms with Crippen molar-refractivity contribution >= 4 is 5.78 Å². The minimum Gasteiger partial charge on any atom is -0.485 e. The number of aliphatic hydroxyl groups excluding tert-OH is 2. The third-order valence-electron chi connectivity index (χ3n) is 5.19. The van der Waals surface area contributed by atoms with Gasteiger partial charge in [-0.3, -0.25) is 4.79 Å². The Bertz CT molecular complexity index is 676. The number of ether oxygens (including phenoxy) is 1. The lowest BCUT2D eigenvalue weighted by Crippen LogP contribution is -2.52. The lowest BCUT2D eigenvalue weighted by Gasteiger charge is -2.45. The summed E-state index contributed by atoms with van der Waals surface area (Å²) >= 11 is 0. The van der Waals surface area contributed by atoms with Crippen LogP contribution in [0.1, 0.15) is 43.7 Å². The molecule has 122 valence electrons. The maximum atomic E-state index is 12.4. The maximum absolute atomic E-state index is 12.4. The second-order valence-electron chi connectivity index (χ2n) is 7.01. The predicted octanol–water partition coefficient (Wildman–Crippen LogP) is 1.76. The zero-order valence-corrected chi connectivity index (χ0v) is 13.3. The van der Waals surface area contributed by atoms with E-state index in [-0.39, 0.29) is 18.3 Å². The van der Waals surface area contributed by atoms with Crippen LogP contribution in [0.2, 0.25) is 0 Å². The molecule has 5 nitrogen and oxygen atoms in total. The lowest BCUT2D eigenvalue weighted by atomic mass is 9.70. The number of aliphatic hydroxyl groups is 2. The Balaban J connectivity index is 2.14. The van der Waals surface area contributed by atoms with Gasteiger partial charge in [0.2, 0.25) is 0 Å². The number of Topliss-reactive ketones (excluding diaryl/α,β-unsaturated/α-hetero) is 1. The van der Waals surface area contributed by atoms with Crippen molar-refractivity contribution in [2.24, 2.45) is 11.8 Å². The molecule has 0 bridgehead atoms. The van der Waals surface area contributed by atoms with Gasteiger partial charge in [0.1, 0.15) is 23.2 Å². The third-order valence-corrected chi connectivity index (χ3v) is 5.19. The smallest absolute Gasteiger partial charge is 0.137 e. The molecule has 2 aliphatic rings. The van der Waals surface area contributed by atoms with Gasteiger partial charge in [-0.05, 0) is 44.4 Å². The van der Waals surface area contributed by atoms with Gasteiger partial charge in [-0.1, -0.05) is 0 Å². The quantitative estimate of drug-likeness (QED) is 0.868. The van der Waals surface area contributed by atoms with Crippen LogP contribution in [0, 0.1) is 23.2 Å². The van der Waals surface area contributed by atoms with Crippen molar-refractivity contribution in [1.82, 2.24) is 0 Å². The van der Waals surface area contributed by atoms with Crippen LogP contribution in [0.3, 0.4) is 0 Å². The third kappa shape index (κ3) is 2.52. The number of ketones is 1. The summed E-state index contributed by atoms with van der Waals surface area (Å²) in [5.74, 6) is -0.394. The number of carbonyl (C=O) groups excluding carboxylic acids is 1. The van der Waals surface area contributed by atoms with Crippen molar-refractivity contribution in [3.63, 3.8) is 0 Å². The van der Waals surface area contributed by atoms with Gasteiger partial charge in [0, 0.05) is 30.4 Å². The number of fused-ring (bicyclic) bond motifs is 1. The van der Waals surface area contributed by atoms with Crippen LogP contribution < -0.4 is 4.74 Å². The highest BCUT2D eigenvalue weighted by Crippen LogP contribution is 2.49. The molecule has 5 heteroatoms. The number of rotatable bonds is 2. The summed E-state index contributed by atoms with van der Waals surface area (Å²) < 4.78 is 5.89. The van der Waals surface area contributed by atoms with E-state index >= 15 is 0 Å². The molecule has 2 N–H and O–H groups in total. The number of hydrogen-bond acceptors (Lipinski definition) is 5. The Morgan fingerprint density at radius 2 is 2.13 bits per heavy atom. The molecule has 4 atom stereocenters. The van der Waals surface area contributed by atoms with E-state index in [2.05, 4.69) is 6.07 Å². The number of hydrogen-bond donors (Lipinski definition) is 2. The van der Waals surface area contributed by atoms with E-state index in [0.717, 1.165) is 0 Å².